The molecule has 0 aliphatic rings. The van der Waals surface area contributed by atoms with Gasteiger partial charge < -0.3 is 0 Å². The molecule has 0 saturated heterocycles. The lowest BCUT2D eigenvalue weighted by molar-refractivity contribution is 0.296. The van der Waals surface area contributed by atoms with Crippen molar-refractivity contribution in [2.75, 3.05) is 0 Å². The molecule has 0 aliphatic carbocycles. The minimum Gasteiger partial charge on any atom is -0.0683 e. The van der Waals surface area contributed by atoms with Crippen LogP contribution in [0.4, 0.5) is 0 Å². The normalized spacial score (nSPS) is 14.0. The zero-order valence-corrected chi connectivity index (χ0v) is 12.1. The van der Waals surface area contributed by atoms with Crippen molar-refractivity contribution in [2.45, 2.75) is 86.5 Å². The molecule has 0 heteroatoms. The topological polar surface area (TPSA) is 0 Å². The lowest BCUT2D eigenvalue weighted by Crippen LogP contribution is -2.10. The first-order valence-corrected chi connectivity index (χ1v) is 7.26. The van der Waals surface area contributed by atoms with Crippen molar-refractivity contribution in [1.82, 2.24) is 0 Å². The Bertz CT molecular complexity index is 96.2. The second kappa shape index (κ2) is 14.0. The van der Waals surface area contributed by atoms with Crippen molar-refractivity contribution in [3.8, 4) is 0 Å². The van der Waals surface area contributed by atoms with Crippen LogP contribution in [0.15, 0.2) is 0 Å². The summed E-state index contributed by atoms with van der Waals surface area (Å²) < 4.78 is 0. The molecule has 0 bridgehead atoms. The van der Waals surface area contributed by atoms with Crippen LogP contribution in [0.5, 0.6) is 0 Å². The minimum atomic E-state index is 0.941. The van der Waals surface area contributed by atoms with E-state index >= 15 is 0 Å². The quantitative estimate of drug-likeness (QED) is 0.431. The maximum Gasteiger partial charge on any atom is -0.0389 e. The summed E-state index contributed by atoms with van der Waals surface area (Å²) in [5.74, 6) is 1.94. The van der Waals surface area contributed by atoms with E-state index in [9.17, 15) is 0 Å². The Morgan fingerprint density at radius 3 is 1.80 bits per heavy atom. The summed E-state index contributed by atoms with van der Waals surface area (Å²) in [6, 6.07) is 0. The van der Waals surface area contributed by atoms with Gasteiger partial charge in [0.15, 0.2) is 0 Å². The van der Waals surface area contributed by atoms with Gasteiger partial charge in [0.1, 0.15) is 0 Å². The Morgan fingerprint density at radius 1 is 0.800 bits per heavy atom. The molecular formula is C15H34. The average molecular weight is 214 g/mol. The number of hydrogen-bond donors (Lipinski definition) is 0. The summed E-state index contributed by atoms with van der Waals surface area (Å²) in [4.78, 5) is 0. The molecule has 0 nitrogen and oxygen atoms in total. The van der Waals surface area contributed by atoms with Crippen LogP contribution in [0.3, 0.4) is 0 Å². The highest BCUT2D eigenvalue weighted by atomic mass is 14.2. The summed E-state index contributed by atoms with van der Waals surface area (Å²) in [6.07, 6.45) is 9.87. The predicted octanol–water partition coefficient (Wildman–Crippen LogP) is 6.06. The van der Waals surface area contributed by atoms with Crippen LogP contribution in [-0.2, 0) is 0 Å². The van der Waals surface area contributed by atoms with Gasteiger partial charge >= 0.3 is 0 Å². The second-order valence-electron chi connectivity index (χ2n) is 4.43. The maximum atomic E-state index is 2.42. The highest BCUT2D eigenvalue weighted by Gasteiger charge is 2.13. The third-order valence-corrected chi connectivity index (χ3v) is 3.29. The van der Waals surface area contributed by atoms with Crippen molar-refractivity contribution in [3.63, 3.8) is 0 Å². The molecule has 0 amide bonds. The molecule has 0 saturated carbocycles. The zero-order chi connectivity index (χ0) is 12.1. The lowest BCUT2D eigenvalue weighted by atomic mass is 9.84. The van der Waals surface area contributed by atoms with E-state index in [1.165, 1.54) is 44.9 Å². The molecule has 0 rings (SSSR count). The maximum absolute atomic E-state index is 2.42. The monoisotopic (exact) mass is 214 g/mol. The zero-order valence-electron chi connectivity index (χ0n) is 12.1. The van der Waals surface area contributed by atoms with Gasteiger partial charge in [0.25, 0.3) is 0 Å². The van der Waals surface area contributed by atoms with E-state index in [1.807, 2.05) is 13.8 Å². The molecule has 2 atom stereocenters. The van der Waals surface area contributed by atoms with E-state index in [1.54, 1.807) is 0 Å². The highest BCUT2D eigenvalue weighted by molar-refractivity contribution is 4.65. The molecule has 0 aliphatic heterocycles. The molecule has 0 heterocycles. The molecule has 2 unspecified atom stereocenters. The van der Waals surface area contributed by atoms with Crippen molar-refractivity contribution >= 4 is 0 Å². The standard InChI is InChI=1S/C13H28.C2H6/c1-5-8-9-11-13(10-6-2)12(4)7-3;1-2/h12-13H,5-11H2,1-4H3;1-2H3. The first kappa shape index (κ1) is 17.4. The smallest absolute Gasteiger partial charge is 0.0389 e. The summed E-state index contributed by atoms with van der Waals surface area (Å²) in [5.41, 5.74) is 0. The Morgan fingerprint density at radius 2 is 1.40 bits per heavy atom. The minimum absolute atomic E-state index is 0.941. The molecule has 0 fully saturated rings. The number of rotatable bonds is 8. The van der Waals surface area contributed by atoms with Gasteiger partial charge in [0, 0.05) is 0 Å². The van der Waals surface area contributed by atoms with E-state index in [4.69, 9.17) is 0 Å². The second-order valence-corrected chi connectivity index (χ2v) is 4.43. The van der Waals surface area contributed by atoms with Gasteiger partial charge in [-0.3, -0.25) is 0 Å². The van der Waals surface area contributed by atoms with Crippen LogP contribution in [0.25, 0.3) is 0 Å². The largest absolute Gasteiger partial charge is 0.0683 e. The van der Waals surface area contributed by atoms with Crippen LogP contribution in [0.1, 0.15) is 86.5 Å². The molecule has 0 radical (unpaired) electrons. The summed E-state index contributed by atoms with van der Waals surface area (Å²) in [7, 11) is 0. The third-order valence-electron chi connectivity index (χ3n) is 3.29. The van der Waals surface area contributed by atoms with Gasteiger partial charge in [-0.25, -0.2) is 0 Å². The van der Waals surface area contributed by atoms with Crippen LogP contribution < -0.4 is 0 Å². The van der Waals surface area contributed by atoms with Crippen molar-refractivity contribution in [2.24, 2.45) is 11.8 Å². The van der Waals surface area contributed by atoms with E-state index in [0.29, 0.717) is 0 Å². The fraction of sp³-hybridized carbons (Fsp3) is 1.00. The molecule has 0 spiro atoms. The lowest BCUT2D eigenvalue weighted by Gasteiger charge is -2.22. The molecule has 0 aromatic rings. The predicted molar refractivity (Wildman–Crippen MR) is 73.3 cm³/mol. The molecule has 94 valence electrons. The van der Waals surface area contributed by atoms with Gasteiger partial charge in [-0.15, -0.1) is 0 Å². The Balaban J connectivity index is 0. The number of unbranched alkanes of at least 4 members (excludes halogenated alkanes) is 2. The molecule has 15 heavy (non-hydrogen) atoms. The van der Waals surface area contributed by atoms with Crippen LogP contribution in [-0.4, -0.2) is 0 Å². The van der Waals surface area contributed by atoms with Gasteiger partial charge in [-0.2, -0.15) is 0 Å². The first-order valence-electron chi connectivity index (χ1n) is 7.26. The van der Waals surface area contributed by atoms with E-state index < -0.39 is 0 Å². The summed E-state index contributed by atoms with van der Waals surface area (Å²) >= 11 is 0. The van der Waals surface area contributed by atoms with Crippen molar-refractivity contribution < 1.29 is 0 Å². The van der Waals surface area contributed by atoms with Crippen molar-refractivity contribution in [3.05, 3.63) is 0 Å². The van der Waals surface area contributed by atoms with Crippen LogP contribution >= 0.6 is 0 Å². The third kappa shape index (κ3) is 10.3. The number of hydrogen-bond acceptors (Lipinski definition) is 0. The first-order chi connectivity index (χ1) is 7.26. The Kier molecular flexibility index (Phi) is 16.2. The van der Waals surface area contributed by atoms with E-state index in [2.05, 4.69) is 27.7 Å². The van der Waals surface area contributed by atoms with Crippen LogP contribution in [0.2, 0.25) is 0 Å². The fourth-order valence-electron chi connectivity index (χ4n) is 2.07. The van der Waals surface area contributed by atoms with Gasteiger partial charge in [-0.1, -0.05) is 86.5 Å². The molecule has 0 aromatic carbocycles. The highest BCUT2D eigenvalue weighted by Crippen LogP contribution is 2.25. The average Bonchev–Trinajstić information content (AvgIpc) is 2.30. The van der Waals surface area contributed by atoms with Crippen molar-refractivity contribution in [1.29, 1.82) is 0 Å². The van der Waals surface area contributed by atoms with Gasteiger partial charge in [0.2, 0.25) is 0 Å². The molecule has 0 aromatic heterocycles. The fourth-order valence-corrected chi connectivity index (χ4v) is 2.07. The van der Waals surface area contributed by atoms with Gasteiger partial charge in [-0.05, 0) is 11.8 Å². The van der Waals surface area contributed by atoms with Gasteiger partial charge in [0.05, 0.1) is 0 Å². The van der Waals surface area contributed by atoms with Crippen LogP contribution in [0, 0.1) is 11.8 Å². The summed E-state index contributed by atoms with van der Waals surface area (Å²) in [6.45, 7) is 13.4. The summed E-state index contributed by atoms with van der Waals surface area (Å²) in [5, 5.41) is 0. The Labute approximate surface area is 98.9 Å². The Hall–Kier alpha value is 0. The van der Waals surface area contributed by atoms with E-state index in [0.717, 1.165) is 11.8 Å². The molecule has 0 N–H and O–H groups in total. The van der Waals surface area contributed by atoms with E-state index in [-0.39, 0.29) is 0 Å². The SMILES string of the molecule is CC.CCCCCC(CCC)C(C)CC. The molecular weight excluding hydrogens is 180 g/mol.